The molecular formula is C12H11FN2O2. The van der Waals surface area contributed by atoms with E-state index in [1.807, 2.05) is 0 Å². The van der Waals surface area contributed by atoms with E-state index in [4.69, 9.17) is 10.5 Å². The van der Waals surface area contributed by atoms with Crippen LogP contribution in [0.25, 0.3) is 11.1 Å². The summed E-state index contributed by atoms with van der Waals surface area (Å²) >= 11 is 0. The molecule has 0 saturated heterocycles. The van der Waals surface area contributed by atoms with E-state index in [0.29, 0.717) is 11.1 Å². The number of methoxy groups -OCH3 is 1. The van der Waals surface area contributed by atoms with Gasteiger partial charge in [0.2, 0.25) is 0 Å². The number of rotatable bonds is 2. The van der Waals surface area contributed by atoms with Gasteiger partial charge in [-0.3, -0.25) is 4.79 Å². The fraction of sp³-hybridized carbons (Fsp3) is 0.0833. The van der Waals surface area contributed by atoms with E-state index in [1.54, 1.807) is 12.1 Å². The van der Waals surface area contributed by atoms with Crippen molar-refractivity contribution in [2.24, 2.45) is 0 Å². The van der Waals surface area contributed by atoms with Gasteiger partial charge < -0.3 is 15.5 Å². The molecule has 0 bridgehead atoms. The summed E-state index contributed by atoms with van der Waals surface area (Å²) in [5.41, 5.74) is 6.42. The van der Waals surface area contributed by atoms with Gasteiger partial charge in [0.25, 0.3) is 5.56 Å². The number of benzene rings is 1. The Balaban J connectivity index is 2.53. The Bertz CT molecular complexity index is 608. The second kappa shape index (κ2) is 4.29. The van der Waals surface area contributed by atoms with Gasteiger partial charge in [0.15, 0.2) is 5.75 Å². The maximum atomic E-state index is 13.3. The van der Waals surface area contributed by atoms with Gasteiger partial charge in [0, 0.05) is 11.8 Å². The van der Waals surface area contributed by atoms with Crippen LogP contribution < -0.4 is 16.0 Å². The Kier molecular flexibility index (Phi) is 2.82. The Labute approximate surface area is 96.9 Å². The van der Waals surface area contributed by atoms with Crippen molar-refractivity contribution >= 4 is 5.69 Å². The van der Waals surface area contributed by atoms with E-state index in [-0.39, 0.29) is 17.0 Å². The summed E-state index contributed by atoms with van der Waals surface area (Å²) in [6.07, 6.45) is 1.50. The Morgan fingerprint density at radius 3 is 2.71 bits per heavy atom. The predicted octanol–water partition coefficient (Wildman–Crippen LogP) is 1.77. The van der Waals surface area contributed by atoms with Gasteiger partial charge in [-0.15, -0.1) is 0 Å². The van der Waals surface area contributed by atoms with Crippen molar-refractivity contribution in [2.75, 3.05) is 12.8 Å². The van der Waals surface area contributed by atoms with Crippen molar-refractivity contribution in [3.05, 3.63) is 46.6 Å². The highest BCUT2D eigenvalue weighted by molar-refractivity contribution is 5.66. The first-order chi connectivity index (χ1) is 8.11. The van der Waals surface area contributed by atoms with Crippen LogP contribution in [0.3, 0.4) is 0 Å². The van der Waals surface area contributed by atoms with Crippen LogP contribution in [-0.4, -0.2) is 12.1 Å². The number of ether oxygens (including phenoxy) is 1. The van der Waals surface area contributed by atoms with E-state index in [9.17, 15) is 9.18 Å². The fourth-order valence-electron chi connectivity index (χ4n) is 1.49. The van der Waals surface area contributed by atoms with Crippen molar-refractivity contribution in [1.82, 2.24) is 4.98 Å². The molecule has 0 unspecified atom stereocenters. The lowest BCUT2D eigenvalue weighted by molar-refractivity contribution is 0.408. The SMILES string of the molecule is COc1cc(-c2ccc(N)c(F)c2)c[nH]c1=O. The number of nitrogens with two attached hydrogens (primary N) is 1. The van der Waals surface area contributed by atoms with Gasteiger partial charge in [0.1, 0.15) is 5.82 Å². The highest BCUT2D eigenvalue weighted by atomic mass is 19.1. The molecule has 1 aromatic heterocycles. The van der Waals surface area contributed by atoms with E-state index in [0.717, 1.165) is 0 Å². The van der Waals surface area contributed by atoms with Crippen molar-refractivity contribution in [3.63, 3.8) is 0 Å². The monoisotopic (exact) mass is 234 g/mol. The van der Waals surface area contributed by atoms with Crippen LogP contribution in [0.5, 0.6) is 5.75 Å². The highest BCUT2D eigenvalue weighted by Gasteiger charge is 2.06. The Hall–Kier alpha value is -2.30. The number of hydrogen-bond acceptors (Lipinski definition) is 3. The van der Waals surface area contributed by atoms with Gasteiger partial charge in [-0.25, -0.2) is 4.39 Å². The summed E-state index contributed by atoms with van der Waals surface area (Å²) in [7, 11) is 1.40. The van der Waals surface area contributed by atoms with Crippen molar-refractivity contribution in [2.45, 2.75) is 0 Å². The second-order valence-corrected chi connectivity index (χ2v) is 3.52. The molecule has 5 heteroatoms. The van der Waals surface area contributed by atoms with Crippen molar-refractivity contribution in [1.29, 1.82) is 0 Å². The number of halogens is 1. The summed E-state index contributed by atoms with van der Waals surface area (Å²) in [4.78, 5) is 13.8. The first-order valence-electron chi connectivity index (χ1n) is 4.94. The van der Waals surface area contributed by atoms with E-state index in [2.05, 4.69) is 4.98 Å². The number of anilines is 1. The number of pyridine rings is 1. The van der Waals surface area contributed by atoms with Crippen molar-refractivity contribution < 1.29 is 9.13 Å². The lowest BCUT2D eigenvalue weighted by Crippen LogP contribution is -2.08. The zero-order chi connectivity index (χ0) is 12.4. The molecule has 1 aromatic carbocycles. The second-order valence-electron chi connectivity index (χ2n) is 3.52. The van der Waals surface area contributed by atoms with Crippen LogP contribution in [0.15, 0.2) is 35.3 Å². The lowest BCUT2D eigenvalue weighted by Gasteiger charge is -2.05. The van der Waals surface area contributed by atoms with Gasteiger partial charge in [-0.05, 0) is 23.8 Å². The number of aromatic nitrogens is 1. The minimum absolute atomic E-state index is 0.0881. The summed E-state index contributed by atoms with van der Waals surface area (Å²) in [6.45, 7) is 0. The molecule has 0 saturated carbocycles. The molecule has 3 N–H and O–H groups in total. The summed E-state index contributed by atoms with van der Waals surface area (Å²) in [5, 5.41) is 0. The van der Waals surface area contributed by atoms with Crippen molar-refractivity contribution in [3.8, 4) is 16.9 Å². The average Bonchev–Trinajstić information content (AvgIpc) is 2.33. The zero-order valence-corrected chi connectivity index (χ0v) is 9.16. The number of H-pyrrole nitrogens is 1. The zero-order valence-electron chi connectivity index (χ0n) is 9.16. The molecule has 0 aliphatic rings. The molecule has 4 nitrogen and oxygen atoms in total. The standard InChI is InChI=1S/C12H11FN2O2/c1-17-11-5-8(6-15-12(11)16)7-2-3-10(14)9(13)4-7/h2-6H,14H2,1H3,(H,15,16). The molecule has 0 aliphatic heterocycles. The summed E-state index contributed by atoms with van der Waals surface area (Å²) < 4.78 is 18.2. The maximum Gasteiger partial charge on any atom is 0.290 e. The summed E-state index contributed by atoms with van der Waals surface area (Å²) in [6, 6.07) is 6.00. The predicted molar refractivity (Wildman–Crippen MR) is 63.4 cm³/mol. The number of nitrogen functional groups attached to an aromatic ring is 1. The molecule has 17 heavy (non-hydrogen) atoms. The first kappa shape index (κ1) is 11.2. The molecule has 0 aliphatic carbocycles. The van der Waals surface area contributed by atoms with Crippen LogP contribution in [0, 0.1) is 5.82 Å². The topological polar surface area (TPSA) is 68.1 Å². The largest absolute Gasteiger partial charge is 0.491 e. The smallest absolute Gasteiger partial charge is 0.290 e. The van der Waals surface area contributed by atoms with E-state index in [1.165, 1.54) is 25.4 Å². The number of hydrogen-bond donors (Lipinski definition) is 2. The molecular weight excluding hydrogens is 223 g/mol. The minimum Gasteiger partial charge on any atom is -0.491 e. The van der Waals surface area contributed by atoms with E-state index < -0.39 is 5.82 Å². The van der Waals surface area contributed by atoms with Gasteiger partial charge in [-0.1, -0.05) is 6.07 Å². The minimum atomic E-state index is -0.493. The first-order valence-corrected chi connectivity index (χ1v) is 4.94. The van der Waals surface area contributed by atoms with Crippen LogP contribution in [-0.2, 0) is 0 Å². The molecule has 0 amide bonds. The van der Waals surface area contributed by atoms with Crippen LogP contribution in [0.2, 0.25) is 0 Å². The third-order valence-electron chi connectivity index (χ3n) is 2.42. The molecule has 0 atom stereocenters. The Morgan fingerprint density at radius 2 is 2.06 bits per heavy atom. The average molecular weight is 234 g/mol. The third kappa shape index (κ3) is 2.13. The van der Waals surface area contributed by atoms with Crippen LogP contribution in [0.4, 0.5) is 10.1 Å². The molecule has 0 radical (unpaired) electrons. The van der Waals surface area contributed by atoms with Gasteiger partial charge in [0.05, 0.1) is 12.8 Å². The van der Waals surface area contributed by atoms with Crippen LogP contribution >= 0.6 is 0 Å². The third-order valence-corrected chi connectivity index (χ3v) is 2.42. The summed E-state index contributed by atoms with van der Waals surface area (Å²) in [5.74, 6) is -0.313. The van der Waals surface area contributed by atoms with E-state index >= 15 is 0 Å². The van der Waals surface area contributed by atoms with Crippen LogP contribution in [0.1, 0.15) is 0 Å². The molecule has 0 fully saturated rings. The maximum absolute atomic E-state index is 13.3. The molecule has 2 rings (SSSR count). The quantitative estimate of drug-likeness (QED) is 0.778. The lowest BCUT2D eigenvalue weighted by atomic mass is 10.1. The molecule has 0 spiro atoms. The van der Waals surface area contributed by atoms with Gasteiger partial charge in [-0.2, -0.15) is 0 Å². The normalized spacial score (nSPS) is 10.2. The molecule has 1 heterocycles. The highest BCUT2D eigenvalue weighted by Crippen LogP contribution is 2.23. The number of nitrogens with one attached hydrogen (secondary N) is 1. The molecule has 2 aromatic rings. The molecule has 88 valence electrons. The fourth-order valence-corrected chi connectivity index (χ4v) is 1.49. The number of aromatic amines is 1. The van der Waals surface area contributed by atoms with Gasteiger partial charge >= 0.3 is 0 Å². The Morgan fingerprint density at radius 1 is 1.29 bits per heavy atom.